The van der Waals surface area contributed by atoms with Crippen LogP contribution in [0.5, 0.6) is 0 Å². The van der Waals surface area contributed by atoms with Crippen molar-refractivity contribution in [1.82, 2.24) is 20.4 Å². The molecule has 0 aromatic heterocycles. The molecule has 3 fully saturated rings. The molecule has 0 spiro atoms. The Kier molecular flexibility index (Phi) is 7.53. The van der Waals surface area contributed by atoms with Crippen LogP contribution in [0.2, 0.25) is 0 Å². The number of benzene rings is 2. The lowest BCUT2D eigenvalue weighted by Gasteiger charge is -2.31. The smallest absolute Gasteiger partial charge is 0.246 e. The number of nitrogens with zero attached hydrogens (tertiary/aromatic N) is 2. The van der Waals surface area contributed by atoms with E-state index in [2.05, 4.69) is 10.6 Å². The number of hydrogen-bond donors (Lipinski definition) is 2. The molecule has 1 unspecified atom stereocenters. The molecule has 8 heteroatoms. The van der Waals surface area contributed by atoms with E-state index in [0.717, 1.165) is 24.0 Å². The molecule has 37 heavy (non-hydrogen) atoms. The van der Waals surface area contributed by atoms with E-state index in [1.54, 1.807) is 9.80 Å². The van der Waals surface area contributed by atoms with E-state index in [-0.39, 0.29) is 30.0 Å². The van der Waals surface area contributed by atoms with Crippen LogP contribution in [-0.4, -0.2) is 70.7 Å². The Balaban J connectivity index is 1.47. The van der Waals surface area contributed by atoms with Gasteiger partial charge in [0, 0.05) is 32.0 Å². The van der Waals surface area contributed by atoms with Crippen LogP contribution in [0.3, 0.4) is 0 Å². The molecule has 2 N–H and O–H groups in total. The van der Waals surface area contributed by atoms with Gasteiger partial charge in [-0.1, -0.05) is 60.7 Å². The molecule has 2 aromatic rings. The third-order valence-corrected chi connectivity index (χ3v) is 7.70. The van der Waals surface area contributed by atoms with Crippen molar-refractivity contribution >= 4 is 23.6 Å². The fourth-order valence-corrected chi connectivity index (χ4v) is 5.85. The van der Waals surface area contributed by atoms with E-state index >= 15 is 0 Å². The van der Waals surface area contributed by atoms with Gasteiger partial charge < -0.3 is 20.4 Å². The lowest BCUT2D eigenvalue weighted by Crippen LogP contribution is -2.56. The van der Waals surface area contributed by atoms with Crippen molar-refractivity contribution in [3.05, 3.63) is 71.8 Å². The second-order valence-corrected chi connectivity index (χ2v) is 10.3. The van der Waals surface area contributed by atoms with Crippen LogP contribution in [0.1, 0.15) is 43.2 Å². The van der Waals surface area contributed by atoms with Gasteiger partial charge in [-0.2, -0.15) is 0 Å². The minimum absolute atomic E-state index is 0.0971. The summed E-state index contributed by atoms with van der Waals surface area (Å²) in [5.74, 6) is -0.914. The van der Waals surface area contributed by atoms with Crippen molar-refractivity contribution in [2.24, 2.45) is 0 Å². The van der Waals surface area contributed by atoms with Gasteiger partial charge in [0.15, 0.2) is 0 Å². The fraction of sp³-hybridized carbons (Fsp3) is 0.448. The van der Waals surface area contributed by atoms with Gasteiger partial charge >= 0.3 is 0 Å². The summed E-state index contributed by atoms with van der Waals surface area (Å²) in [6.45, 7) is 1.00. The highest BCUT2D eigenvalue weighted by atomic mass is 16.2. The number of amides is 4. The second kappa shape index (κ2) is 11.2. The number of rotatable bonds is 4. The molecule has 2 aromatic carbocycles. The average Bonchev–Trinajstić information content (AvgIpc) is 3.59. The summed E-state index contributed by atoms with van der Waals surface area (Å²) in [5.41, 5.74) is 1.92. The molecule has 8 nitrogen and oxygen atoms in total. The molecule has 4 amide bonds. The zero-order valence-corrected chi connectivity index (χ0v) is 21.0. The van der Waals surface area contributed by atoms with Crippen LogP contribution in [0.15, 0.2) is 60.7 Å². The second-order valence-electron chi connectivity index (χ2n) is 10.3. The molecule has 3 aliphatic rings. The van der Waals surface area contributed by atoms with Gasteiger partial charge in [-0.3, -0.25) is 19.2 Å². The Morgan fingerprint density at radius 3 is 1.95 bits per heavy atom. The standard InChI is InChI=1S/C29H34N4O4/c34-26-19-22(17-20-9-3-1-4-10-20)30-27(35)23(18-21-11-5-2-6-12-21)31-28(36)24-13-7-16-33(24)29(37)25-14-8-15-32(25)26/h1-6,9-12,22-25H,7-8,13-19H2,(H,30,35)(H,31,36)/t22?,23-,24-,25-/m0/s1. The summed E-state index contributed by atoms with van der Waals surface area (Å²) in [5, 5.41) is 6.03. The molecule has 3 aliphatic heterocycles. The fourth-order valence-electron chi connectivity index (χ4n) is 5.85. The van der Waals surface area contributed by atoms with Crippen LogP contribution in [0, 0.1) is 0 Å². The van der Waals surface area contributed by atoms with Crippen LogP contribution < -0.4 is 10.6 Å². The summed E-state index contributed by atoms with van der Waals surface area (Å²) >= 11 is 0. The van der Waals surface area contributed by atoms with Crippen LogP contribution in [0.25, 0.3) is 0 Å². The monoisotopic (exact) mass is 502 g/mol. The zero-order chi connectivity index (χ0) is 25.8. The molecular formula is C29H34N4O4. The number of hydrogen-bond acceptors (Lipinski definition) is 4. The first kappa shape index (κ1) is 25.0. The third kappa shape index (κ3) is 5.68. The topological polar surface area (TPSA) is 98.8 Å². The van der Waals surface area contributed by atoms with Gasteiger partial charge in [0.25, 0.3) is 0 Å². The first-order valence-electron chi connectivity index (χ1n) is 13.3. The summed E-state index contributed by atoms with van der Waals surface area (Å²) in [6, 6.07) is 16.8. The molecular weight excluding hydrogens is 468 g/mol. The highest BCUT2D eigenvalue weighted by Gasteiger charge is 2.43. The minimum atomic E-state index is -0.818. The molecule has 0 bridgehead atoms. The highest BCUT2D eigenvalue weighted by molar-refractivity contribution is 5.95. The maximum atomic E-state index is 13.6. The predicted octanol–water partition coefficient (Wildman–Crippen LogP) is 1.83. The van der Waals surface area contributed by atoms with Gasteiger partial charge in [0.05, 0.1) is 0 Å². The molecule has 3 heterocycles. The first-order chi connectivity index (χ1) is 18.0. The molecule has 4 atom stereocenters. The number of nitrogens with one attached hydrogen (secondary N) is 2. The van der Waals surface area contributed by atoms with Gasteiger partial charge in [0.2, 0.25) is 23.6 Å². The van der Waals surface area contributed by atoms with Gasteiger partial charge in [0.1, 0.15) is 18.1 Å². The van der Waals surface area contributed by atoms with E-state index in [9.17, 15) is 19.2 Å². The van der Waals surface area contributed by atoms with Crippen molar-refractivity contribution in [3.63, 3.8) is 0 Å². The zero-order valence-electron chi connectivity index (χ0n) is 21.0. The number of fused-ring (bicyclic) bond motifs is 2. The SMILES string of the molecule is O=C1NC(Cc2ccccc2)CC(=O)N2CCC[C@H]2C(=O)N2CCC[C@H]2C(=O)N[C@H]1Cc1ccccc1. The maximum Gasteiger partial charge on any atom is 0.246 e. The Morgan fingerprint density at radius 2 is 1.27 bits per heavy atom. The largest absolute Gasteiger partial charge is 0.351 e. The molecule has 3 saturated heterocycles. The molecule has 194 valence electrons. The lowest BCUT2D eigenvalue weighted by atomic mass is 10.0. The summed E-state index contributed by atoms with van der Waals surface area (Å²) in [6.07, 6.45) is 3.52. The summed E-state index contributed by atoms with van der Waals surface area (Å²) < 4.78 is 0. The van der Waals surface area contributed by atoms with E-state index < -0.39 is 24.2 Å². The summed E-state index contributed by atoms with van der Waals surface area (Å²) in [7, 11) is 0. The molecule has 0 aliphatic carbocycles. The van der Waals surface area contributed by atoms with Gasteiger partial charge in [-0.15, -0.1) is 0 Å². The van der Waals surface area contributed by atoms with Crippen molar-refractivity contribution < 1.29 is 19.2 Å². The Bertz CT molecular complexity index is 1140. The Labute approximate surface area is 217 Å². The predicted molar refractivity (Wildman–Crippen MR) is 138 cm³/mol. The van der Waals surface area contributed by atoms with Crippen LogP contribution in [-0.2, 0) is 32.0 Å². The number of carbonyl (C=O) groups is 4. The highest BCUT2D eigenvalue weighted by Crippen LogP contribution is 2.26. The van der Waals surface area contributed by atoms with Gasteiger partial charge in [-0.25, -0.2) is 0 Å². The van der Waals surface area contributed by atoms with Crippen LogP contribution >= 0.6 is 0 Å². The molecule has 0 radical (unpaired) electrons. The van der Waals surface area contributed by atoms with Crippen molar-refractivity contribution in [3.8, 4) is 0 Å². The van der Waals surface area contributed by atoms with Crippen molar-refractivity contribution in [2.75, 3.05) is 13.1 Å². The number of carbonyl (C=O) groups excluding carboxylic acids is 4. The van der Waals surface area contributed by atoms with Crippen molar-refractivity contribution in [2.45, 2.75) is 69.1 Å². The maximum absolute atomic E-state index is 13.6. The van der Waals surface area contributed by atoms with E-state index in [0.29, 0.717) is 38.8 Å². The average molecular weight is 503 g/mol. The Hall–Kier alpha value is -3.68. The Morgan fingerprint density at radius 1 is 0.676 bits per heavy atom. The van der Waals surface area contributed by atoms with Crippen LogP contribution in [0.4, 0.5) is 0 Å². The first-order valence-corrected chi connectivity index (χ1v) is 13.3. The minimum Gasteiger partial charge on any atom is -0.351 e. The normalized spacial score (nSPS) is 26.9. The van der Waals surface area contributed by atoms with Crippen molar-refractivity contribution in [1.29, 1.82) is 0 Å². The molecule has 0 saturated carbocycles. The van der Waals surface area contributed by atoms with E-state index in [4.69, 9.17) is 0 Å². The third-order valence-electron chi connectivity index (χ3n) is 7.70. The lowest BCUT2D eigenvalue weighted by molar-refractivity contribution is -0.146. The van der Waals surface area contributed by atoms with E-state index in [1.807, 2.05) is 60.7 Å². The molecule has 5 rings (SSSR count). The van der Waals surface area contributed by atoms with E-state index in [1.165, 1.54) is 0 Å². The summed E-state index contributed by atoms with van der Waals surface area (Å²) in [4.78, 5) is 57.5. The van der Waals surface area contributed by atoms with Gasteiger partial charge in [-0.05, 0) is 43.2 Å². The quantitative estimate of drug-likeness (QED) is 0.667.